The molecule has 2 heterocycles. The molecule has 0 unspecified atom stereocenters. The maximum atomic E-state index is 11.7. The zero-order valence-corrected chi connectivity index (χ0v) is 13.6. The molecule has 5 heteroatoms. The maximum absolute atomic E-state index is 11.7. The van der Waals surface area contributed by atoms with Crippen LogP contribution in [0.25, 0.3) is 10.9 Å². The summed E-state index contributed by atoms with van der Waals surface area (Å²) in [7, 11) is 0. The van der Waals surface area contributed by atoms with Gasteiger partial charge in [-0.1, -0.05) is 25.1 Å². The van der Waals surface area contributed by atoms with Gasteiger partial charge >= 0.3 is 0 Å². The standard InChI is InChI=1S/C18H21N3O2/c1-3-13-12(2)20-15-7-5-4-6-14(15)18(13)19-10-11-21-16(22)8-9-17(21)23/h4-7H,3,8-11H2,1-2H3,(H,19,20). The number of rotatable bonds is 5. The summed E-state index contributed by atoms with van der Waals surface area (Å²) in [5, 5.41) is 4.51. The second-order valence-electron chi connectivity index (χ2n) is 5.79. The number of nitrogens with zero attached hydrogens (tertiary/aromatic N) is 2. The van der Waals surface area contributed by atoms with Crippen molar-refractivity contribution in [1.82, 2.24) is 9.88 Å². The predicted octanol–water partition coefficient (Wildman–Crippen LogP) is 2.67. The number of aromatic nitrogens is 1. The van der Waals surface area contributed by atoms with Gasteiger partial charge in [-0.05, 0) is 25.0 Å². The second kappa shape index (κ2) is 6.36. The van der Waals surface area contributed by atoms with Crippen LogP contribution in [0.3, 0.4) is 0 Å². The van der Waals surface area contributed by atoms with Crippen LogP contribution in [0.1, 0.15) is 31.0 Å². The van der Waals surface area contributed by atoms with Gasteiger partial charge in [-0.15, -0.1) is 0 Å². The number of para-hydroxylation sites is 1. The quantitative estimate of drug-likeness (QED) is 0.862. The molecule has 1 N–H and O–H groups in total. The number of carbonyl (C=O) groups is 2. The molecule has 120 valence electrons. The van der Waals surface area contributed by atoms with Gasteiger partial charge < -0.3 is 5.32 Å². The van der Waals surface area contributed by atoms with E-state index in [1.165, 1.54) is 10.5 Å². The van der Waals surface area contributed by atoms with Crippen molar-refractivity contribution in [2.24, 2.45) is 0 Å². The lowest BCUT2D eigenvalue weighted by Crippen LogP contribution is -2.33. The number of imide groups is 1. The van der Waals surface area contributed by atoms with Gasteiger partial charge in [0.15, 0.2) is 0 Å². The highest BCUT2D eigenvalue weighted by atomic mass is 16.2. The molecule has 1 aliphatic heterocycles. The van der Waals surface area contributed by atoms with E-state index in [1.807, 2.05) is 25.1 Å². The number of aryl methyl sites for hydroxylation is 1. The molecule has 0 bridgehead atoms. The van der Waals surface area contributed by atoms with Crippen LogP contribution in [0, 0.1) is 6.92 Å². The highest BCUT2D eigenvalue weighted by Crippen LogP contribution is 2.28. The molecule has 1 aromatic carbocycles. The first-order valence-electron chi connectivity index (χ1n) is 8.07. The van der Waals surface area contributed by atoms with E-state index in [-0.39, 0.29) is 11.8 Å². The van der Waals surface area contributed by atoms with Crippen molar-refractivity contribution >= 4 is 28.4 Å². The summed E-state index contributed by atoms with van der Waals surface area (Å²) in [4.78, 5) is 29.4. The van der Waals surface area contributed by atoms with Crippen LogP contribution in [-0.4, -0.2) is 34.8 Å². The molecule has 0 atom stereocenters. The number of hydrogen-bond donors (Lipinski definition) is 1. The lowest BCUT2D eigenvalue weighted by Gasteiger charge is -2.18. The van der Waals surface area contributed by atoms with Crippen molar-refractivity contribution in [3.05, 3.63) is 35.5 Å². The summed E-state index contributed by atoms with van der Waals surface area (Å²) in [6.07, 6.45) is 1.57. The summed E-state index contributed by atoms with van der Waals surface area (Å²) in [6.45, 7) is 5.09. The van der Waals surface area contributed by atoms with Crippen LogP contribution in [0.15, 0.2) is 24.3 Å². The highest BCUT2D eigenvalue weighted by Gasteiger charge is 2.28. The van der Waals surface area contributed by atoms with E-state index < -0.39 is 0 Å². The fourth-order valence-electron chi connectivity index (χ4n) is 3.17. The number of fused-ring (bicyclic) bond motifs is 1. The maximum Gasteiger partial charge on any atom is 0.229 e. The van der Waals surface area contributed by atoms with Crippen LogP contribution in [0.2, 0.25) is 0 Å². The van der Waals surface area contributed by atoms with Crippen molar-refractivity contribution in [3.63, 3.8) is 0 Å². The molecule has 1 fully saturated rings. The minimum Gasteiger partial charge on any atom is -0.382 e. The van der Waals surface area contributed by atoms with Gasteiger partial charge in [-0.25, -0.2) is 0 Å². The summed E-state index contributed by atoms with van der Waals surface area (Å²) >= 11 is 0. The first kappa shape index (κ1) is 15.5. The molecule has 1 aromatic heterocycles. The molecular formula is C18H21N3O2. The van der Waals surface area contributed by atoms with E-state index >= 15 is 0 Å². The first-order valence-corrected chi connectivity index (χ1v) is 8.07. The topological polar surface area (TPSA) is 62.3 Å². The van der Waals surface area contributed by atoms with Crippen LogP contribution >= 0.6 is 0 Å². The molecule has 1 aliphatic rings. The Balaban J connectivity index is 1.84. The molecule has 0 radical (unpaired) electrons. The summed E-state index contributed by atoms with van der Waals surface area (Å²) in [6, 6.07) is 8.03. The summed E-state index contributed by atoms with van der Waals surface area (Å²) < 4.78 is 0. The molecule has 2 aromatic rings. The lowest BCUT2D eigenvalue weighted by atomic mass is 10.0. The van der Waals surface area contributed by atoms with E-state index in [0.29, 0.717) is 25.9 Å². The fourth-order valence-corrected chi connectivity index (χ4v) is 3.17. The van der Waals surface area contributed by atoms with E-state index in [9.17, 15) is 9.59 Å². The number of benzene rings is 1. The van der Waals surface area contributed by atoms with Gasteiger partial charge in [-0.3, -0.25) is 19.5 Å². The van der Waals surface area contributed by atoms with Crippen LogP contribution in [0.5, 0.6) is 0 Å². The Labute approximate surface area is 135 Å². The molecule has 5 nitrogen and oxygen atoms in total. The number of pyridine rings is 1. The molecule has 0 spiro atoms. The van der Waals surface area contributed by atoms with Gasteiger partial charge in [0.05, 0.1) is 5.52 Å². The van der Waals surface area contributed by atoms with Gasteiger partial charge in [0, 0.05) is 42.7 Å². The average Bonchev–Trinajstić information content (AvgIpc) is 2.86. The molecule has 0 saturated carbocycles. The Bertz CT molecular complexity index is 754. The van der Waals surface area contributed by atoms with E-state index in [4.69, 9.17) is 0 Å². The molecule has 2 amide bonds. The zero-order valence-electron chi connectivity index (χ0n) is 13.6. The molecular weight excluding hydrogens is 290 g/mol. The smallest absolute Gasteiger partial charge is 0.229 e. The number of anilines is 1. The zero-order chi connectivity index (χ0) is 16.4. The summed E-state index contributed by atoms with van der Waals surface area (Å²) in [5.74, 6) is -0.133. The van der Waals surface area contributed by atoms with Crippen molar-refractivity contribution in [1.29, 1.82) is 0 Å². The Morgan fingerprint density at radius 2 is 1.87 bits per heavy atom. The Morgan fingerprint density at radius 3 is 2.57 bits per heavy atom. The molecule has 0 aliphatic carbocycles. The molecule has 23 heavy (non-hydrogen) atoms. The molecule has 3 rings (SSSR count). The second-order valence-corrected chi connectivity index (χ2v) is 5.79. The van der Waals surface area contributed by atoms with Crippen LogP contribution < -0.4 is 5.32 Å². The number of amides is 2. The first-order chi connectivity index (χ1) is 11.1. The minimum atomic E-state index is -0.0664. The van der Waals surface area contributed by atoms with Gasteiger partial charge in [0.2, 0.25) is 11.8 Å². The highest BCUT2D eigenvalue weighted by molar-refractivity contribution is 6.02. The Kier molecular flexibility index (Phi) is 4.28. The Hall–Kier alpha value is -2.43. The van der Waals surface area contributed by atoms with Gasteiger partial charge in [0.25, 0.3) is 0 Å². The van der Waals surface area contributed by atoms with Crippen LogP contribution in [0.4, 0.5) is 5.69 Å². The number of nitrogens with one attached hydrogen (secondary N) is 1. The minimum absolute atomic E-state index is 0.0664. The third kappa shape index (κ3) is 2.91. The SMILES string of the molecule is CCc1c(C)nc2ccccc2c1NCCN1C(=O)CCC1=O. The normalized spacial score (nSPS) is 14.8. The Morgan fingerprint density at radius 1 is 1.17 bits per heavy atom. The van der Waals surface area contributed by atoms with E-state index in [1.54, 1.807) is 0 Å². The van der Waals surface area contributed by atoms with E-state index in [0.717, 1.165) is 28.7 Å². The fraction of sp³-hybridized carbons (Fsp3) is 0.389. The van der Waals surface area contributed by atoms with Crippen molar-refractivity contribution in [2.45, 2.75) is 33.1 Å². The monoisotopic (exact) mass is 311 g/mol. The average molecular weight is 311 g/mol. The lowest BCUT2D eigenvalue weighted by molar-refractivity contribution is -0.138. The molecule has 1 saturated heterocycles. The largest absolute Gasteiger partial charge is 0.382 e. The number of hydrogen-bond acceptors (Lipinski definition) is 4. The number of carbonyl (C=O) groups excluding carboxylic acids is 2. The van der Waals surface area contributed by atoms with Crippen molar-refractivity contribution < 1.29 is 9.59 Å². The summed E-state index contributed by atoms with van der Waals surface area (Å²) in [5.41, 5.74) is 4.22. The third-order valence-corrected chi connectivity index (χ3v) is 4.35. The van der Waals surface area contributed by atoms with Crippen LogP contribution in [-0.2, 0) is 16.0 Å². The number of likely N-dealkylation sites (tertiary alicyclic amines) is 1. The van der Waals surface area contributed by atoms with E-state index in [2.05, 4.69) is 23.3 Å². The van der Waals surface area contributed by atoms with Crippen molar-refractivity contribution in [3.8, 4) is 0 Å². The van der Waals surface area contributed by atoms with Gasteiger partial charge in [0.1, 0.15) is 0 Å². The van der Waals surface area contributed by atoms with Crippen molar-refractivity contribution in [2.75, 3.05) is 18.4 Å². The van der Waals surface area contributed by atoms with Gasteiger partial charge in [-0.2, -0.15) is 0 Å². The third-order valence-electron chi connectivity index (χ3n) is 4.35. The predicted molar refractivity (Wildman–Crippen MR) is 90.3 cm³/mol.